The highest BCUT2D eigenvalue weighted by Gasteiger charge is 2.13. The van der Waals surface area contributed by atoms with Crippen molar-refractivity contribution in [1.29, 1.82) is 0 Å². The Morgan fingerprint density at radius 2 is 1.60 bits per heavy atom. The van der Waals surface area contributed by atoms with Gasteiger partial charge in [0.15, 0.2) is 17.2 Å². The standard InChI is InChI=1S/C14H13NO5/c1-20-10-4-2-9(3-5-10)15-14(19)8-6-11(16)13(18)12(17)7-8/h2-7,16-18H,1H3,(H,15,19). The molecule has 0 aliphatic heterocycles. The van der Waals surface area contributed by atoms with Crippen molar-refractivity contribution in [2.24, 2.45) is 0 Å². The number of carbonyl (C=O) groups is 1. The summed E-state index contributed by atoms with van der Waals surface area (Å²) in [7, 11) is 1.54. The summed E-state index contributed by atoms with van der Waals surface area (Å²) < 4.78 is 5.00. The lowest BCUT2D eigenvalue weighted by molar-refractivity contribution is 0.102. The zero-order chi connectivity index (χ0) is 14.7. The first-order chi connectivity index (χ1) is 9.51. The molecule has 0 radical (unpaired) electrons. The van der Waals surface area contributed by atoms with E-state index in [0.29, 0.717) is 11.4 Å². The first-order valence-electron chi connectivity index (χ1n) is 5.71. The average Bonchev–Trinajstić information content (AvgIpc) is 2.45. The molecule has 0 aromatic heterocycles. The van der Waals surface area contributed by atoms with Gasteiger partial charge in [-0.15, -0.1) is 0 Å². The molecule has 4 N–H and O–H groups in total. The Morgan fingerprint density at radius 1 is 1.05 bits per heavy atom. The maximum atomic E-state index is 11.9. The summed E-state index contributed by atoms with van der Waals surface area (Å²) in [5.74, 6) is -1.66. The highest BCUT2D eigenvalue weighted by atomic mass is 16.5. The number of methoxy groups -OCH3 is 1. The Balaban J connectivity index is 2.19. The summed E-state index contributed by atoms with van der Waals surface area (Å²) in [6.45, 7) is 0. The SMILES string of the molecule is COc1ccc(NC(=O)c2cc(O)c(O)c(O)c2)cc1. The van der Waals surface area contributed by atoms with Gasteiger partial charge in [0, 0.05) is 11.3 Å². The molecule has 2 rings (SSSR count). The predicted molar refractivity (Wildman–Crippen MR) is 72.4 cm³/mol. The fourth-order valence-corrected chi connectivity index (χ4v) is 1.61. The first-order valence-corrected chi connectivity index (χ1v) is 5.71. The topological polar surface area (TPSA) is 99.0 Å². The highest BCUT2D eigenvalue weighted by molar-refractivity contribution is 6.05. The van der Waals surface area contributed by atoms with Crippen molar-refractivity contribution in [3.8, 4) is 23.0 Å². The molecule has 20 heavy (non-hydrogen) atoms. The number of nitrogens with one attached hydrogen (secondary N) is 1. The van der Waals surface area contributed by atoms with E-state index in [1.165, 1.54) is 7.11 Å². The van der Waals surface area contributed by atoms with Crippen molar-refractivity contribution in [2.45, 2.75) is 0 Å². The Hall–Kier alpha value is -2.89. The molecule has 0 saturated carbocycles. The molecule has 0 atom stereocenters. The average molecular weight is 275 g/mol. The smallest absolute Gasteiger partial charge is 0.255 e. The fraction of sp³-hybridized carbons (Fsp3) is 0.0714. The van der Waals surface area contributed by atoms with Crippen LogP contribution in [-0.4, -0.2) is 28.3 Å². The number of rotatable bonds is 3. The number of phenolic OH excluding ortho intramolecular Hbond substituents is 3. The van der Waals surface area contributed by atoms with Crippen LogP contribution >= 0.6 is 0 Å². The Kier molecular flexibility index (Phi) is 3.65. The summed E-state index contributed by atoms with van der Waals surface area (Å²) in [4.78, 5) is 11.9. The molecule has 0 aliphatic rings. The minimum atomic E-state index is -0.661. The van der Waals surface area contributed by atoms with Crippen molar-refractivity contribution in [3.05, 3.63) is 42.0 Å². The molecule has 104 valence electrons. The van der Waals surface area contributed by atoms with Crippen LogP contribution in [0.25, 0.3) is 0 Å². The van der Waals surface area contributed by atoms with Gasteiger partial charge in [0.25, 0.3) is 5.91 Å². The molecule has 0 fully saturated rings. The number of anilines is 1. The molecule has 0 heterocycles. The van der Waals surface area contributed by atoms with Gasteiger partial charge in [0.1, 0.15) is 5.75 Å². The monoisotopic (exact) mass is 275 g/mol. The molecule has 1 amide bonds. The van der Waals surface area contributed by atoms with Crippen molar-refractivity contribution in [2.75, 3.05) is 12.4 Å². The number of ether oxygens (including phenoxy) is 1. The molecule has 0 spiro atoms. The number of hydrogen-bond donors (Lipinski definition) is 4. The van der Waals surface area contributed by atoms with Crippen LogP contribution < -0.4 is 10.1 Å². The Bertz CT molecular complexity index is 614. The molecule has 6 heteroatoms. The van der Waals surface area contributed by atoms with Crippen molar-refractivity contribution < 1.29 is 24.9 Å². The molecule has 0 bridgehead atoms. The lowest BCUT2D eigenvalue weighted by Crippen LogP contribution is -2.11. The minimum Gasteiger partial charge on any atom is -0.504 e. The third-order valence-corrected chi connectivity index (χ3v) is 2.68. The normalized spacial score (nSPS) is 10.1. The third-order valence-electron chi connectivity index (χ3n) is 2.68. The number of hydrogen-bond acceptors (Lipinski definition) is 5. The minimum absolute atomic E-state index is 0.0219. The van der Waals surface area contributed by atoms with Gasteiger partial charge in [-0.3, -0.25) is 4.79 Å². The first kappa shape index (κ1) is 13.5. The van der Waals surface area contributed by atoms with Gasteiger partial charge in [0.2, 0.25) is 0 Å². The number of phenols is 3. The van der Waals surface area contributed by atoms with E-state index < -0.39 is 23.2 Å². The van der Waals surface area contributed by atoms with Crippen molar-refractivity contribution >= 4 is 11.6 Å². The van der Waals surface area contributed by atoms with Gasteiger partial charge in [-0.25, -0.2) is 0 Å². The van der Waals surface area contributed by atoms with Crippen LogP contribution in [0.4, 0.5) is 5.69 Å². The van der Waals surface area contributed by atoms with Crippen LogP contribution in [-0.2, 0) is 0 Å². The fourth-order valence-electron chi connectivity index (χ4n) is 1.61. The molecule has 0 saturated heterocycles. The maximum absolute atomic E-state index is 11.9. The van der Waals surface area contributed by atoms with E-state index in [1.807, 2.05) is 0 Å². The summed E-state index contributed by atoms with van der Waals surface area (Å²) in [6, 6.07) is 8.79. The van der Waals surface area contributed by atoms with E-state index in [1.54, 1.807) is 24.3 Å². The second kappa shape index (κ2) is 5.40. The summed E-state index contributed by atoms with van der Waals surface area (Å²) in [5.41, 5.74) is 0.552. The van der Waals surface area contributed by atoms with Gasteiger partial charge in [-0.05, 0) is 36.4 Å². The van der Waals surface area contributed by atoms with E-state index in [4.69, 9.17) is 4.74 Å². The van der Waals surface area contributed by atoms with Crippen LogP contribution in [0.5, 0.6) is 23.0 Å². The van der Waals surface area contributed by atoms with Crippen molar-refractivity contribution in [1.82, 2.24) is 0 Å². The van der Waals surface area contributed by atoms with E-state index in [-0.39, 0.29) is 5.56 Å². The second-order valence-electron chi connectivity index (χ2n) is 4.05. The summed E-state index contributed by atoms with van der Waals surface area (Å²) in [6.07, 6.45) is 0. The molecule has 2 aromatic rings. The second-order valence-corrected chi connectivity index (χ2v) is 4.05. The van der Waals surface area contributed by atoms with E-state index in [2.05, 4.69) is 5.32 Å². The molecule has 6 nitrogen and oxygen atoms in total. The van der Waals surface area contributed by atoms with Crippen LogP contribution in [0.3, 0.4) is 0 Å². The van der Waals surface area contributed by atoms with Gasteiger partial charge in [-0.1, -0.05) is 0 Å². The lowest BCUT2D eigenvalue weighted by atomic mass is 10.1. The highest BCUT2D eigenvalue weighted by Crippen LogP contribution is 2.35. The number of carbonyl (C=O) groups excluding carboxylic acids is 1. The van der Waals surface area contributed by atoms with E-state index in [0.717, 1.165) is 12.1 Å². The summed E-state index contributed by atoms with van der Waals surface area (Å²) in [5, 5.41) is 30.5. The Labute approximate surface area is 114 Å². The molecular weight excluding hydrogens is 262 g/mol. The molecule has 2 aromatic carbocycles. The number of aromatic hydroxyl groups is 3. The largest absolute Gasteiger partial charge is 0.504 e. The van der Waals surface area contributed by atoms with E-state index in [9.17, 15) is 20.1 Å². The predicted octanol–water partition coefficient (Wildman–Crippen LogP) is 2.06. The summed E-state index contributed by atoms with van der Waals surface area (Å²) >= 11 is 0. The van der Waals surface area contributed by atoms with E-state index >= 15 is 0 Å². The maximum Gasteiger partial charge on any atom is 0.255 e. The van der Waals surface area contributed by atoms with Gasteiger partial charge in [0.05, 0.1) is 7.11 Å². The molecular formula is C14H13NO5. The zero-order valence-corrected chi connectivity index (χ0v) is 10.6. The van der Waals surface area contributed by atoms with Crippen molar-refractivity contribution in [3.63, 3.8) is 0 Å². The third kappa shape index (κ3) is 2.74. The van der Waals surface area contributed by atoms with Crippen LogP contribution in [0, 0.1) is 0 Å². The molecule has 0 unspecified atom stereocenters. The number of amides is 1. The van der Waals surface area contributed by atoms with Gasteiger partial charge >= 0.3 is 0 Å². The van der Waals surface area contributed by atoms with Crippen LogP contribution in [0.15, 0.2) is 36.4 Å². The van der Waals surface area contributed by atoms with Crippen LogP contribution in [0.1, 0.15) is 10.4 Å². The molecule has 0 aliphatic carbocycles. The number of benzene rings is 2. The quantitative estimate of drug-likeness (QED) is 0.643. The zero-order valence-electron chi connectivity index (χ0n) is 10.6. The Morgan fingerprint density at radius 3 is 2.10 bits per heavy atom. The van der Waals surface area contributed by atoms with Crippen LogP contribution in [0.2, 0.25) is 0 Å². The van der Waals surface area contributed by atoms with Gasteiger partial charge in [-0.2, -0.15) is 0 Å². The lowest BCUT2D eigenvalue weighted by Gasteiger charge is -2.08. The van der Waals surface area contributed by atoms with Gasteiger partial charge < -0.3 is 25.4 Å².